The van der Waals surface area contributed by atoms with E-state index in [-0.39, 0.29) is 17.7 Å². The molecule has 0 radical (unpaired) electrons. The van der Waals surface area contributed by atoms with Gasteiger partial charge in [0.05, 0.1) is 13.2 Å². The molecule has 0 aliphatic heterocycles. The summed E-state index contributed by atoms with van der Waals surface area (Å²) < 4.78 is 4.60. The summed E-state index contributed by atoms with van der Waals surface area (Å²) in [5, 5.41) is 9.97. The summed E-state index contributed by atoms with van der Waals surface area (Å²) >= 11 is 0. The van der Waals surface area contributed by atoms with Crippen LogP contribution in [0.2, 0.25) is 0 Å². The number of ketones is 1. The molecule has 2 unspecified atom stereocenters. The van der Waals surface area contributed by atoms with Gasteiger partial charge >= 0.3 is 5.97 Å². The molecule has 0 aromatic heterocycles. The Bertz CT molecular complexity index is 540. The van der Waals surface area contributed by atoms with E-state index in [0.717, 1.165) is 31.3 Å². The largest absolute Gasteiger partial charge is 0.469 e. The van der Waals surface area contributed by atoms with Crippen molar-refractivity contribution in [2.45, 2.75) is 58.0 Å². The summed E-state index contributed by atoms with van der Waals surface area (Å²) in [7, 11) is 1.40. The molecule has 1 aliphatic carbocycles. The van der Waals surface area contributed by atoms with E-state index < -0.39 is 6.10 Å². The molecule has 4 nitrogen and oxygen atoms in total. The number of aliphatic hydroxyl groups is 1. The van der Waals surface area contributed by atoms with Gasteiger partial charge in [-0.15, -0.1) is 0 Å². The second-order valence-corrected chi connectivity index (χ2v) is 6.17. The van der Waals surface area contributed by atoms with Gasteiger partial charge in [0.25, 0.3) is 0 Å². The van der Waals surface area contributed by atoms with Gasteiger partial charge in [-0.3, -0.25) is 9.59 Å². The Morgan fingerprint density at radius 1 is 1.28 bits per heavy atom. The molecule has 0 aromatic rings. The van der Waals surface area contributed by atoms with Crippen molar-refractivity contribution in [1.29, 1.82) is 0 Å². The maximum Gasteiger partial charge on any atom is 0.305 e. The van der Waals surface area contributed by atoms with E-state index >= 15 is 0 Å². The van der Waals surface area contributed by atoms with Crippen LogP contribution in [0.3, 0.4) is 0 Å². The first kappa shape index (κ1) is 21.1. The number of rotatable bonds is 11. The minimum absolute atomic E-state index is 0.0420. The minimum atomic E-state index is -0.446. The van der Waals surface area contributed by atoms with Crippen molar-refractivity contribution in [3.8, 4) is 0 Å². The molecular weight excluding hydrogens is 316 g/mol. The van der Waals surface area contributed by atoms with Crippen molar-refractivity contribution >= 4 is 11.8 Å². The molecule has 0 aromatic carbocycles. The first-order valence-electron chi connectivity index (χ1n) is 9.05. The smallest absolute Gasteiger partial charge is 0.305 e. The number of unbranched alkanes of at least 4 members (excludes halogenated alkanes) is 1. The maximum atomic E-state index is 12.0. The van der Waals surface area contributed by atoms with E-state index in [1.807, 2.05) is 30.4 Å². The number of allylic oxidation sites excluding steroid dienone is 6. The van der Waals surface area contributed by atoms with E-state index in [1.54, 1.807) is 6.08 Å². The standard InChI is InChI=1S/C21H30O4/c1-3-4-7-11-18(22)14-15-19-17(13-16-20(19)23)10-8-5-6-9-12-21(24)25-2/h4-5,7-8,13,15-18,22H,3,6,9-12,14H2,1-2H3. The Kier molecular flexibility index (Phi) is 10.5. The molecule has 138 valence electrons. The van der Waals surface area contributed by atoms with Crippen molar-refractivity contribution in [1.82, 2.24) is 0 Å². The Morgan fingerprint density at radius 2 is 2.08 bits per heavy atom. The maximum absolute atomic E-state index is 12.0. The molecule has 0 bridgehead atoms. The highest BCUT2D eigenvalue weighted by molar-refractivity contribution is 6.07. The number of hydrogen-bond acceptors (Lipinski definition) is 4. The zero-order valence-electron chi connectivity index (χ0n) is 15.3. The highest BCUT2D eigenvalue weighted by Crippen LogP contribution is 2.26. The Morgan fingerprint density at radius 3 is 2.80 bits per heavy atom. The Labute approximate surface area is 151 Å². The fourth-order valence-electron chi connectivity index (χ4n) is 2.65. The first-order chi connectivity index (χ1) is 12.1. The van der Waals surface area contributed by atoms with Crippen LogP contribution >= 0.6 is 0 Å². The molecule has 25 heavy (non-hydrogen) atoms. The third-order valence-corrected chi connectivity index (χ3v) is 4.12. The van der Waals surface area contributed by atoms with Crippen molar-refractivity contribution < 1.29 is 19.4 Å². The average Bonchev–Trinajstić information content (AvgIpc) is 2.96. The second kappa shape index (κ2) is 12.4. The monoisotopic (exact) mass is 346 g/mol. The normalized spacial score (nSPS) is 20.2. The van der Waals surface area contributed by atoms with Crippen LogP contribution in [-0.4, -0.2) is 30.1 Å². The third kappa shape index (κ3) is 8.64. The highest BCUT2D eigenvalue weighted by atomic mass is 16.5. The Hall–Kier alpha value is -1.94. The molecule has 0 amide bonds. The Balaban J connectivity index is 2.40. The topological polar surface area (TPSA) is 63.6 Å². The molecular formula is C21H30O4. The van der Waals surface area contributed by atoms with Crippen LogP contribution in [0.1, 0.15) is 51.9 Å². The number of aliphatic hydroxyl groups excluding tert-OH is 1. The van der Waals surface area contributed by atoms with Crippen molar-refractivity contribution in [3.05, 3.63) is 48.1 Å². The van der Waals surface area contributed by atoms with E-state index in [9.17, 15) is 14.7 Å². The lowest BCUT2D eigenvalue weighted by atomic mass is 9.96. The van der Waals surface area contributed by atoms with Gasteiger partial charge in [0.15, 0.2) is 5.78 Å². The third-order valence-electron chi connectivity index (χ3n) is 4.12. The van der Waals surface area contributed by atoms with Crippen molar-refractivity contribution in [2.75, 3.05) is 7.11 Å². The van der Waals surface area contributed by atoms with Crippen molar-refractivity contribution in [2.24, 2.45) is 5.92 Å². The lowest BCUT2D eigenvalue weighted by Crippen LogP contribution is -2.07. The van der Waals surface area contributed by atoms with Crippen molar-refractivity contribution in [3.63, 3.8) is 0 Å². The number of esters is 1. The van der Waals surface area contributed by atoms with Crippen LogP contribution in [0.25, 0.3) is 0 Å². The van der Waals surface area contributed by atoms with Crippen LogP contribution in [0, 0.1) is 5.92 Å². The summed E-state index contributed by atoms with van der Waals surface area (Å²) in [6.07, 6.45) is 17.9. The molecule has 0 fully saturated rings. The quantitative estimate of drug-likeness (QED) is 0.265. The molecule has 1 N–H and O–H groups in total. The molecule has 4 heteroatoms. The van der Waals surface area contributed by atoms with E-state index in [2.05, 4.69) is 17.7 Å². The zero-order valence-corrected chi connectivity index (χ0v) is 15.3. The number of carbonyl (C=O) groups is 2. The second-order valence-electron chi connectivity index (χ2n) is 6.17. The molecule has 1 rings (SSSR count). The van der Waals surface area contributed by atoms with Gasteiger partial charge in [0.2, 0.25) is 0 Å². The van der Waals surface area contributed by atoms with Crippen LogP contribution in [0.15, 0.2) is 48.1 Å². The summed E-state index contributed by atoms with van der Waals surface area (Å²) in [4.78, 5) is 23.0. The summed E-state index contributed by atoms with van der Waals surface area (Å²) in [5.41, 5.74) is 0.776. The summed E-state index contributed by atoms with van der Waals surface area (Å²) in [5.74, 6) is -0.0570. The SMILES string of the molecule is CCC=CCC(O)CC=C1C(=O)C=CC1CC=CCCCC(=O)OC. The van der Waals surface area contributed by atoms with Crippen LogP contribution < -0.4 is 0 Å². The highest BCUT2D eigenvalue weighted by Gasteiger charge is 2.21. The van der Waals surface area contributed by atoms with E-state index in [0.29, 0.717) is 19.3 Å². The fourth-order valence-corrected chi connectivity index (χ4v) is 2.65. The zero-order chi connectivity index (χ0) is 18.5. The number of ether oxygens (including phenoxy) is 1. The van der Waals surface area contributed by atoms with E-state index in [1.165, 1.54) is 7.11 Å². The predicted octanol–water partition coefficient (Wildman–Crippen LogP) is 4.06. The fraction of sp³-hybridized carbons (Fsp3) is 0.524. The molecule has 0 saturated carbocycles. The van der Waals surface area contributed by atoms with Crippen LogP contribution in [-0.2, 0) is 14.3 Å². The molecule has 0 saturated heterocycles. The van der Waals surface area contributed by atoms with Gasteiger partial charge in [0, 0.05) is 17.9 Å². The van der Waals surface area contributed by atoms with Gasteiger partial charge in [-0.25, -0.2) is 0 Å². The molecule has 2 atom stereocenters. The first-order valence-corrected chi connectivity index (χ1v) is 9.05. The molecule has 1 aliphatic rings. The van der Waals surface area contributed by atoms with Gasteiger partial charge in [-0.1, -0.05) is 43.4 Å². The lowest BCUT2D eigenvalue weighted by Gasteiger charge is -2.10. The van der Waals surface area contributed by atoms with E-state index in [4.69, 9.17) is 0 Å². The van der Waals surface area contributed by atoms with Gasteiger partial charge < -0.3 is 9.84 Å². The van der Waals surface area contributed by atoms with Gasteiger partial charge in [-0.2, -0.15) is 0 Å². The van der Waals surface area contributed by atoms with Crippen LogP contribution in [0.4, 0.5) is 0 Å². The minimum Gasteiger partial charge on any atom is -0.469 e. The summed E-state index contributed by atoms with van der Waals surface area (Å²) in [6.45, 7) is 2.06. The summed E-state index contributed by atoms with van der Waals surface area (Å²) in [6, 6.07) is 0. The van der Waals surface area contributed by atoms with Crippen LogP contribution in [0.5, 0.6) is 0 Å². The molecule has 0 spiro atoms. The predicted molar refractivity (Wildman–Crippen MR) is 100 cm³/mol. The lowest BCUT2D eigenvalue weighted by molar-refractivity contribution is -0.140. The van der Waals surface area contributed by atoms with Gasteiger partial charge in [-0.05, 0) is 44.6 Å². The molecule has 0 heterocycles. The number of hydrogen-bond donors (Lipinski definition) is 1. The average molecular weight is 346 g/mol. The van der Waals surface area contributed by atoms with Gasteiger partial charge in [0.1, 0.15) is 0 Å². The number of carbonyl (C=O) groups excluding carboxylic acids is 2. The number of methoxy groups -OCH3 is 1.